The van der Waals surface area contributed by atoms with Gasteiger partial charge in [0, 0.05) is 0 Å². The Balaban J connectivity index is 1.72. The number of ether oxygens (including phenoxy) is 1. The standard InChI is InChI=1S/C21H15N3O3/c22-14-15-8-4-5-11-17(15)23-20(25)21(26)24-18-12-6-7-13-19(18)27-16-9-2-1-3-10-16/h1-13H,(H,23,25)(H,24,26). The van der Waals surface area contributed by atoms with E-state index in [-0.39, 0.29) is 11.3 Å². The Bertz CT molecular complexity index is 1010. The van der Waals surface area contributed by atoms with Crippen LogP contribution in [0.1, 0.15) is 5.56 Å². The third-order valence-corrected chi connectivity index (χ3v) is 3.61. The van der Waals surface area contributed by atoms with Crippen LogP contribution < -0.4 is 15.4 Å². The summed E-state index contributed by atoms with van der Waals surface area (Å²) in [5.74, 6) is -0.743. The zero-order valence-electron chi connectivity index (χ0n) is 14.2. The molecule has 0 fully saturated rings. The van der Waals surface area contributed by atoms with Crippen LogP contribution in [0.5, 0.6) is 11.5 Å². The zero-order valence-corrected chi connectivity index (χ0v) is 14.2. The predicted octanol–water partition coefficient (Wildman–Crippen LogP) is 3.93. The first kappa shape index (κ1) is 17.7. The van der Waals surface area contributed by atoms with Gasteiger partial charge in [-0.05, 0) is 36.4 Å². The minimum absolute atomic E-state index is 0.270. The molecule has 0 unspecified atom stereocenters. The number of nitrogens with one attached hydrogen (secondary N) is 2. The van der Waals surface area contributed by atoms with Crippen LogP contribution in [-0.4, -0.2) is 11.8 Å². The van der Waals surface area contributed by atoms with Crippen molar-refractivity contribution in [1.29, 1.82) is 5.26 Å². The molecular formula is C21H15N3O3. The fourth-order valence-corrected chi connectivity index (χ4v) is 2.32. The molecule has 0 saturated carbocycles. The molecule has 0 radical (unpaired) electrons. The Labute approximate surface area is 156 Å². The van der Waals surface area contributed by atoms with Crippen molar-refractivity contribution in [3.63, 3.8) is 0 Å². The summed E-state index contributed by atoms with van der Waals surface area (Å²) in [5.41, 5.74) is 0.899. The Morgan fingerprint density at radius 1 is 0.741 bits per heavy atom. The Hall–Kier alpha value is -4.11. The van der Waals surface area contributed by atoms with E-state index in [0.717, 1.165) is 0 Å². The van der Waals surface area contributed by atoms with Crippen molar-refractivity contribution in [2.45, 2.75) is 0 Å². The zero-order chi connectivity index (χ0) is 19.1. The Kier molecular flexibility index (Phi) is 5.45. The lowest BCUT2D eigenvalue weighted by molar-refractivity contribution is -0.133. The van der Waals surface area contributed by atoms with Crippen LogP contribution in [0.15, 0.2) is 78.9 Å². The van der Waals surface area contributed by atoms with Gasteiger partial charge in [0.25, 0.3) is 0 Å². The minimum atomic E-state index is -0.882. The first-order chi connectivity index (χ1) is 13.2. The van der Waals surface area contributed by atoms with E-state index in [1.165, 1.54) is 0 Å². The molecule has 0 aromatic heterocycles. The second-order valence-electron chi connectivity index (χ2n) is 5.48. The quantitative estimate of drug-likeness (QED) is 0.692. The van der Waals surface area contributed by atoms with Crippen molar-refractivity contribution in [2.75, 3.05) is 10.6 Å². The molecule has 3 rings (SSSR count). The van der Waals surface area contributed by atoms with Crippen molar-refractivity contribution in [3.05, 3.63) is 84.4 Å². The van der Waals surface area contributed by atoms with Crippen molar-refractivity contribution < 1.29 is 14.3 Å². The summed E-state index contributed by atoms with van der Waals surface area (Å²) in [7, 11) is 0. The van der Waals surface area contributed by atoms with E-state index in [1.807, 2.05) is 24.3 Å². The number of rotatable bonds is 4. The van der Waals surface area contributed by atoms with Crippen LogP contribution in [0.2, 0.25) is 0 Å². The third-order valence-electron chi connectivity index (χ3n) is 3.61. The number of carbonyl (C=O) groups is 2. The second-order valence-corrected chi connectivity index (χ2v) is 5.48. The Morgan fingerprint density at radius 2 is 1.30 bits per heavy atom. The molecule has 0 heterocycles. The van der Waals surface area contributed by atoms with Crippen LogP contribution in [0.25, 0.3) is 0 Å². The summed E-state index contributed by atoms with van der Waals surface area (Å²) in [5, 5.41) is 14.0. The number of carbonyl (C=O) groups excluding carboxylic acids is 2. The minimum Gasteiger partial charge on any atom is -0.455 e. The molecule has 27 heavy (non-hydrogen) atoms. The highest BCUT2D eigenvalue weighted by molar-refractivity contribution is 6.43. The van der Waals surface area contributed by atoms with Crippen LogP contribution >= 0.6 is 0 Å². The lowest BCUT2D eigenvalue weighted by Gasteiger charge is -2.12. The van der Waals surface area contributed by atoms with Crippen LogP contribution in [0, 0.1) is 11.3 Å². The van der Waals surface area contributed by atoms with Crippen molar-refractivity contribution in [2.24, 2.45) is 0 Å². The van der Waals surface area contributed by atoms with E-state index < -0.39 is 11.8 Å². The van der Waals surface area contributed by atoms with E-state index in [9.17, 15) is 9.59 Å². The van der Waals surface area contributed by atoms with Gasteiger partial charge >= 0.3 is 11.8 Å². The van der Waals surface area contributed by atoms with Crippen molar-refractivity contribution >= 4 is 23.2 Å². The molecule has 0 aliphatic rings. The molecule has 2 N–H and O–H groups in total. The van der Waals surface area contributed by atoms with Gasteiger partial charge in [-0.25, -0.2) is 0 Å². The molecule has 0 spiro atoms. The maximum absolute atomic E-state index is 12.3. The lowest BCUT2D eigenvalue weighted by atomic mass is 10.2. The third kappa shape index (κ3) is 4.50. The maximum atomic E-state index is 12.3. The van der Waals surface area contributed by atoms with E-state index >= 15 is 0 Å². The molecule has 6 heteroatoms. The molecule has 0 bridgehead atoms. The SMILES string of the molecule is N#Cc1ccccc1NC(=O)C(=O)Nc1ccccc1Oc1ccccc1. The monoisotopic (exact) mass is 357 g/mol. The Morgan fingerprint density at radius 3 is 2.00 bits per heavy atom. The molecule has 3 aromatic rings. The highest BCUT2D eigenvalue weighted by atomic mass is 16.5. The smallest absolute Gasteiger partial charge is 0.314 e. The molecule has 0 aliphatic carbocycles. The molecule has 132 valence electrons. The van der Waals surface area contributed by atoms with Crippen molar-refractivity contribution in [3.8, 4) is 17.6 Å². The molecule has 0 saturated heterocycles. The number of hydrogen-bond acceptors (Lipinski definition) is 4. The molecule has 0 atom stereocenters. The average molecular weight is 357 g/mol. The fraction of sp³-hybridized carbons (Fsp3) is 0. The number of nitrogens with zero attached hydrogens (tertiary/aromatic N) is 1. The van der Waals surface area contributed by atoms with Crippen LogP contribution in [-0.2, 0) is 9.59 Å². The normalized spacial score (nSPS) is 9.74. The van der Waals surface area contributed by atoms with Crippen molar-refractivity contribution in [1.82, 2.24) is 0 Å². The summed E-state index contributed by atoms with van der Waals surface area (Å²) in [6.07, 6.45) is 0. The van der Waals surface area contributed by atoms with Gasteiger partial charge in [-0.15, -0.1) is 0 Å². The summed E-state index contributed by atoms with van der Waals surface area (Å²) in [4.78, 5) is 24.4. The summed E-state index contributed by atoms with van der Waals surface area (Å²) in [6, 6.07) is 24.3. The van der Waals surface area contributed by atoms with Gasteiger partial charge in [-0.2, -0.15) is 5.26 Å². The summed E-state index contributed by atoms with van der Waals surface area (Å²) < 4.78 is 5.76. The first-order valence-electron chi connectivity index (χ1n) is 8.11. The van der Waals surface area contributed by atoms with Gasteiger partial charge in [0.1, 0.15) is 11.8 Å². The molecule has 0 aliphatic heterocycles. The van der Waals surface area contributed by atoms with Gasteiger partial charge in [-0.1, -0.05) is 42.5 Å². The number of para-hydroxylation sites is 4. The van der Waals surface area contributed by atoms with Gasteiger partial charge in [0.05, 0.1) is 16.9 Å². The van der Waals surface area contributed by atoms with E-state index in [1.54, 1.807) is 60.7 Å². The maximum Gasteiger partial charge on any atom is 0.314 e. The molecule has 6 nitrogen and oxygen atoms in total. The first-order valence-corrected chi connectivity index (χ1v) is 8.11. The lowest BCUT2D eigenvalue weighted by Crippen LogP contribution is -2.29. The van der Waals surface area contributed by atoms with Gasteiger partial charge in [0.15, 0.2) is 5.75 Å². The van der Waals surface area contributed by atoms with Crippen LogP contribution in [0.4, 0.5) is 11.4 Å². The van der Waals surface area contributed by atoms with Crippen LogP contribution in [0.3, 0.4) is 0 Å². The number of amides is 2. The second kappa shape index (κ2) is 8.32. The molecular weight excluding hydrogens is 342 g/mol. The molecule has 2 amide bonds. The van der Waals surface area contributed by atoms with Gasteiger partial charge < -0.3 is 15.4 Å². The van der Waals surface area contributed by atoms with E-state index in [2.05, 4.69) is 10.6 Å². The highest BCUT2D eigenvalue weighted by Crippen LogP contribution is 2.29. The molecule has 3 aromatic carbocycles. The summed E-state index contributed by atoms with van der Waals surface area (Å²) in [6.45, 7) is 0. The number of anilines is 2. The fourth-order valence-electron chi connectivity index (χ4n) is 2.32. The summed E-state index contributed by atoms with van der Waals surface area (Å²) >= 11 is 0. The average Bonchev–Trinajstić information content (AvgIpc) is 2.70. The largest absolute Gasteiger partial charge is 0.455 e. The van der Waals surface area contributed by atoms with Gasteiger partial charge in [-0.3, -0.25) is 9.59 Å². The number of benzene rings is 3. The van der Waals surface area contributed by atoms with Gasteiger partial charge in [0.2, 0.25) is 0 Å². The highest BCUT2D eigenvalue weighted by Gasteiger charge is 2.17. The van der Waals surface area contributed by atoms with E-state index in [4.69, 9.17) is 10.00 Å². The number of nitriles is 1. The number of hydrogen-bond donors (Lipinski definition) is 2. The predicted molar refractivity (Wildman–Crippen MR) is 101 cm³/mol. The topological polar surface area (TPSA) is 91.2 Å². The van der Waals surface area contributed by atoms with E-state index in [0.29, 0.717) is 17.2 Å².